The van der Waals surface area contributed by atoms with Gasteiger partial charge in [0.05, 0.1) is 11.1 Å². The molecular formula is C42H35F2N7O2. The Hall–Kier alpha value is -6.75. The van der Waals surface area contributed by atoms with Crippen molar-refractivity contribution >= 4 is 50.7 Å². The number of nitrogens with one attached hydrogen (secondary N) is 2. The summed E-state index contributed by atoms with van der Waals surface area (Å²) in [6, 6.07) is 27.4. The van der Waals surface area contributed by atoms with Crippen LogP contribution in [0.2, 0.25) is 0 Å². The molecule has 7 aromatic rings. The smallest absolute Gasteiger partial charge is 0.257 e. The van der Waals surface area contributed by atoms with Crippen LogP contribution in [0.1, 0.15) is 46.4 Å². The van der Waals surface area contributed by atoms with Crippen molar-refractivity contribution in [3.63, 3.8) is 0 Å². The van der Waals surface area contributed by atoms with E-state index in [-0.39, 0.29) is 29.5 Å². The molecule has 0 saturated heterocycles. The summed E-state index contributed by atoms with van der Waals surface area (Å²) < 4.78 is 27.0. The third-order valence-electron chi connectivity index (χ3n) is 9.27. The fourth-order valence-corrected chi connectivity index (χ4v) is 6.55. The minimum Gasteiger partial charge on any atom is -0.383 e. The van der Waals surface area contributed by atoms with Gasteiger partial charge in [-0.05, 0) is 94.4 Å². The van der Waals surface area contributed by atoms with Crippen LogP contribution in [0.15, 0.2) is 122 Å². The van der Waals surface area contributed by atoms with E-state index in [1.807, 2.05) is 42.5 Å². The van der Waals surface area contributed by atoms with Crippen LogP contribution in [-0.2, 0) is 0 Å². The number of halogens is 2. The van der Waals surface area contributed by atoms with E-state index in [0.29, 0.717) is 44.6 Å². The number of carbonyl (C=O) groups excluding carboxylic acids is 2. The molecule has 3 aromatic heterocycles. The van der Waals surface area contributed by atoms with Crippen LogP contribution in [-0.4, -0.2) is 32.8 Å². The zero-order valence-corrected chi connectivity index (χ0v) is 28.5. The predicted molar refractivity (Wildman–Crippen MR) is 205 cm³/mol. The third-order valence-corrected chi connectivity index (χ3v) is 9.27. The van der Waals surface area contributed by atoms with Crippen LogP contribution < -0.4 is 22.1 Å². The molecule has 0 atom stereocenters. The average molecular weight is 708 g/mol. The summed E-state index contributed by atoms with van der Waals surface area (Å²) >= 11 is 0. The lowest BCUT2D eigenvalue weighted by Gasteiger charge is -2.14. The second-order valence-corrected chi connectivity index (χ2v) is 12.8. The first-order valence-corrected chi connectivity index (χ1v) is 17.1. The number of aromatic nitrogens is 3. The van der Waals surface area contributed by atoms with Gasteiger partial charge in [-0.1, -0.05) is 61.4 Å². The molecule has 1 aliphatic rings. The zero-order valence-electron chi connectivity index (χ0n) is 28.5. The Labute approximate surface area is 304 Å². The average Bonchev–Trinajstić information content (AvgIpc) is 3.69. The summed E-state index contributed by atoms with van der Waals surface area (Å²) in [4.78, 5) is 37.6. The van der Waals surface area contributed by atoms with Crippen molar-refractivity contribution in [3.05, 3.63) is 145 Å². The maximum absolute atomic E-state index is 13.5. The van der Waals surface area contributed by atoms with E-state index in [2.05, 4.69) is 25.6 Å². The van der Waals surface area contributed by atoms with Crippen LogP contribution in [0.3, 0.4) is 0 Å². The number of nitrogens with zero attached hydrogens (tertiary/aromatic N) is 3. The summed E-state index contributed by atoms with van der Waals surface area (Å²) in [6.07, 6.45) is 10.5. The summed E-state index contributed by atoms with van der Waals surface area (Å²) in [5.74, 6) is -0.355. The molecule has 0 aliphatic heterocycles. The van der Waals surface area contributed by atoms with Crippen molar-refractivity contribution in [1.29, 1.82) is 0 Å². The minimum absolute atomic E-state index is 0.118. The highest BCUT2D eigenvalue weighted by Crippen LogP contribution is 2.31. The standard InChI is InChI=1S/C21H15FN4O.C21H20FN3O/c22-15-3-1-2-13(10-15)14-4-5-17-18(11-14)20(23)25-12-19(17)21(27)26-16-6-8-24-9-7-16;22-15-5-3-4-13(10-15)14-8-9-17-18(11-14)20(23)24-12-19(17)21(26)25-16-6-1-2-7-16/h1-12H,(H2,23,25)(H,24,26,27);3-5,8-12,16H,1-2,6-7H2,(H2,23,24)(H,25,26). The maximum Gasteiger partial charge on any atom is 0.257 e. The summed E-state index contributed by atoms with van der Waals surface area (Å²) in [7, 11) is 0. The lowest BCUT2D eigenvalue weighted by Crippen LogP contribution is -2.32. The van der Waals surface area contributed by atoms with Gasteiger partial charge in [-0.3, -0.25) is 14.6 Å². The van der Waals surface area contributed by atoms with Crippen molar-refractivity contribution in [1.82, 2.24) is 20.3 Å². The van der Waals surface area contributed by atoms with E-state index in [1.165, 1.54) is 36.7 Å². The highest BCUT2D eigenvalue weighted by atomic mass is 19.1. The molecule has 3 heterocycles. The Balaban J connectivity index is 0.000000164. The highest BCUT2D eigenvalue weighted by Gasteiger charge is 2.20. The second-order valence-electron chi connectivity index (χ2n) is 12.8. The molecular weight excluding hydrogens is 673 g/mol. The van der Waals surface area contributed by atoms with Gasteiger partial charge in [0, 0.05) is 47.3 Å². The molecule has 11 heteroatoms. The predicted octanol–water partition coefficient (Wildman–Crippen LogP) is 8.57. The van der Waals surface area contributed by atoms with Crippen molar-refractivity contribution in [3.8, 4) is 22.3 Å². The number of nitrogen functional groups attached to an aromatic ring is 2. The maximum atomic E-state index is 13.5. The first kappa shape index (κ1) is 34.7. The van der Waals surface area contributed by atoms with E-state index in [1.54, 1.807) is 42.7 Å². The van der Waals surface area contributed by atoms with Gasteiger partial charge < -0.3 is 22.1 Å². The molecule has 6 N–H and O–H groups in total. The Bertz CT molecular complexity index is 2470. The largest absolute Gasteiger partial charge is 0.383 e. The number of benzene rings is 4. The third kappa shape index (κ3) is 7.79. The Morgan fingerprint density at radius 3 is 1.60 bits per heavy atom. The Morgan fingerprint density at radius 1 is 0.604 bits per heavy atom. The minimum atomic E-state index is -0.316. The van der Waals surface area contributed by atoms with Gasteiger partial charge in [-0.25, -0.2) is 18.7 Å². The topological polar surface area (TPSA) is 149 Å². The molecule has 0 bridgehead atoms. The number of anilines is 3. The van der Waals surface area contributed by atoms with Crippen molar-refractivity contribution in [2.24, 2.45) is 0 Å². The molecule has 4 aromatic carbocycles. The van der Waals surface area contributed by atoms with E-state index in [9.17, 15) is 18.4 Å². The van der Waals surface area contributed by atoms with Gasteiger partial charge in [0.15, 0.2) is 0 Å². The second kappa shape index (κ2) is 15.2. The van der Waals surface area contributed by atoms with Crippen LogP contribution in [0, 0.1) is 11.6 Å². The lowest BCUT2D eigenvalue weighted by atomic mass is 9.99. The summed E-state index contributed by atoms with van der Waals surface area (Å²) in [5.41, 5.74) is 16.7. The molecule has 9 nitrogen and oxygen atoms in total. The molecule has 2 amide bonds. The molecule has 53 heavy (non-hydrogen) atoms. The number of pyridine rings is 3. The number of amides is 2. The monoisotopic (exact) mass is 707 g/mol. The normalized spacial score (nSPS) is 12.6. The molecule has 1 fully saturated rings. The fraction of sp³-hybridized carbons (Fsp3) is 0.119. The molecule has 8 rings (SSSR count). The zero-order chi connectivity index (χ0) is 36.9. The number of carbonyl (C=O) groups is 2. The number of fused-ring (bicyclic) bond motifs is 2. The molecule has 0 spiro atoms. The first-order chi connectivity index (χ1) is 25.7. The fourth-order valence-electron chi connectivity index (χ4n) is 6.55. The van der Waals surface area contributed by atoms with Crippen molar-refractivity contribution in [2.45, 2.75) is 31.7 Å². The van der Waals surface area contributed by atoms with E-state index in [4.69, 9.17) is 11.5 Å². The highest BCUT2D eigenvalue weighted by molar-refractivity contribution is 6.14. The van der Waals surface area contributed by atoms with Crippen LogP contribution in [0.5, 0.6) is 0 Å². The lowest BCUT2D eigenvalue weighted by molar-refractivity contribution is 0.0938. The first-order valence-electron chi connectivity index (χ1n) is 17.1. The number of nitrogens with two attached hydrogens (primary N) is 2. The molecule has 1 saturated carbocycles. The van der Waals surface area contributed by atoms with Crippen molar-refractivity contribution < 1.29 is 18.4 Å². The number of rotatable bonds is 6. The molecule has 264 valence electrons. The number of hydrogen-bond donors (Lipinski definition) is 4. The number of hydrogen-bond acceptors (Lipinski definition) is 7. The molecule has 0 radical (unpaired) electrons. The van der Waals surface area contributed by atoms with Gasteiger partial charge in [-0.15, -0.1) is 0 Å². The van der Waals surface area contributed by atoms with Crippen LogP contribution in [0.25, 0.3) is 43.8 Å². The van der Waals surface area contributed by atoms with E-state index >= 15 is 0 Å². The molecule has 0 unspecified atom stereocenters. The van der Waals surface area contributed by atoms with E-state index in [0.717, 1.165) is 53.3 Å². The molecule has 1 aliphatic carbocycles. The van der Waals surface area contributed by atoms with Gasteiger partial charge >= 0.3 is 0 Å². The van der Waals surface area contributed by atoms with Gasteiger partial charge in [0.25, 0.3) is 11.8 Å². The summed E-state index contributed by atoms with van der Waals surface area (Å²) in [6.45, 7) is 0. The van der Waals surface area contributed by atoms with Gasteiger partial charge in [0.2, 0.25) is 0 Å². The quantitative estimate of drug-likeness (QED) is 0.135. The van der Waals surface area contributed by atoms with Gasteiger partial charge in [0.1, 0.15) is 23.3 Å². The van der Waals surface area contributed by atoms with Gasteiger partial charge in [-0.2, -0.15) is 0 Å². The van der Waals surface area contributed by atoms with Crippen molar-refractivity contribution in [2.75, 3.05) is 16.8 Å². The van der Waals surface area contributed by atoms with Crippen LogP contribution in [0.4, 0.5) is 26.1 Å². The Kier molecular flexibility index (Phi) is 9.97. The SMILES string of the molecule is Nc1ncc(C(=O)NC2CCCC2)c2ccc(-c3cccc(F)c3)cc12.Nc1ncc(C(=O)Nc2ccncc2)c2ccc(-c3cccc(F)c3)cc12. The summed E-state index contributed by atoms with van der Waals surface area (Å²) in [5, 5.41) is 8.68. The van der Waals surface area contributed by atoms with E-state index < -0.39 is 0 Å². The van der Waals surface area contributed by atoms with Crippen LogP contribution >= 0.6 is 0 Å². The Morgan fingerprint density at radius 2 is 1.09 bits per heavy atom.